The second-order valence-electron chi connectivity index (χ2n) is 8.81. The summed E-state index contributed by atoms with van der Waals surface area (Å²) < 4.78 is 0. The molecule has 0 heterocycles. The lowest BCUT2D eigenvalue weighted by atomic mass is 9.70. The quantitative estimate of drug-likeness (QED) is 0.491. The van der Waals surface area contributed by atoms with Crippen LogP contribution in [0.4, 0.5) is 0 Å². The maximum atomic E-state index is 11.2. The van der Waals surface area contributed by atoms with Gasteiger partial charge in [-0.1, -0.05) is 46.2 Å². The standard InChI is InChI=1S/C20H36N2O2/c1-6-7-8-16(10-9-14(2)18(21)23)22-24-17-13-15-11-12-20(17,5)19(15,3)4/h14-15,17H,6-13H2,1-5H3,(H2,21,23). The van der Waals surface area contributed by atoms with Crippen LogP contribution in [0.25, 0.3) is 0 Å². The van der Waals surface area contributed by atoms with E-state index in [2.05, 4.69) is 32.9 Å². The SMILES string of the molecule is CCCCC(CCC(C)C(N)=O)=NOC1CC2CCC1(C)C2(C)C. The maximum Gasteiger partial charge on any atom is 0.220 e. The van der Waals surface area contributed by atoms with Crippen LogP contribution in [0.5, 0.6) is 0 Å². The third-order valence-electron chi connectivity index (χ3n) is 7.19. The topological polar surface area (TPSA) is 64.7 Å². The molecule has 2 bridgehead atoms. The number of unbranched alkanes of at least 4 members (excludes halogenated alkanes) is 1. The number of hydrogen-bond donors (Lipinski definition) is 1. The van der Waals surface area contributed by atoms with E-state index in [1.807, 2.05) is 6.92 Å². The fourth-order valence-electron chi connectivity index (χ4n) is 4.55. The number of carbonyl (C=O) groups excluding carboxylic acids is 1. The van der Waals surface area contributed by atoms with Gasteiger partial charge in [0.2, 0.25) is 5.91 Å². The van der Waals surface area contributed by atoms with Crippen molar-refractivity contribution in [1.29, 1.82) is 0 Å². The normalized spacial score (nSPS) is 32.8. The summed E-state index contributed by atoms with van der Waals surface area (Å²) in [5.41, 5.74) is 7.04. The van der Waals surface area contributed by atoms with Crippen LogP contribution >= 0.6 is 0 Å². The Morgan fingerprint density at radius 2 is 2.04 bits per heavy atom. The average molecular weight is 337 g/mol. The number of primary amides is 1. The van der Waals surface area contributed by atoms with E-state index in [9.17, 15) is 4.79 Å². The molecular formula is C20H36N2O2. The van der Waals surface area contributed by atoms with Crippen molar-refractivity contribution in [3.8, 4) is 0 Å². The van der Waals surface area contributed by atoms with Crippen molar-refractivity contribution in [1.82, 2.24) is 0 Å². The molecule has 138 valence electrons. The maximum absolute atomic E-state index is 11.2. The zero-order valence-corrected chi connectivity index (χ0v) is 16.2. The zero-order chi connectivity index (χ0) is 18.0. The van der Waals surface area contributed by atoms with E-state index < -0.39 is 0 Å². The number of nitrogens with zero attached hydrogens (tertiary/aromatic N) is 1. The van der Waals surface area contributed by atoms with Crippen LogP contribution in [0, 0.1) is 22.7 Å². The van der Waals surface area contributed by atoms with Crippen molar-refractivity contribution in [2.24, 2.45) is 33.6 Å². The number of amides is 1. The summed E-state index contributed by atoms with van der Waals surface area (Å²) >= 11 is 0. The van der Waals surface area contributed by atoms with Crippen molar-refractivity contribution >= 4 is 11.6 Å². The summed E-state index contributed by atoms with van der Waals surface area (Å²) in [6.45, 7) is 11.2. The molecule has 0 aromatic heterocycles. The van der Waals surface area contributed by atoms with Gasteiger partial charge in [-0.15, -0.1) is 0 Å². The highest BCUT2D eigenvalue weighted by atomic mass is 16.6. The third-order valence-corrected chi connectivity index (χ3v) is 7.19. The van der Waals surface area contributed by atoms with Crippen molar-refractivity contribution in [2.75, 3.05) is 0 Å². The lowest BCUT2D eigenvalue weighted by Crippen LogP contribution is -2.36. The predicted octanol–water partition coefficient (Wildman–Crippen LogP) is 4.67. The minimum absolute atomic E-state index is 0.101. The smallest absolute Gasteiger partial charge is 0.220 e. The van der Waals surface area contributed by atoms with Crippen molar-refractivity contribution < 1.29 is 9.63 Å². The van der Waals surface area contributed by atoms with Gasteiger partial charge in [0.15, 0.2) is 0 Å². The lowest BCUT2D eigenvalue weighted by Gasteiger charge is -2.37. The number of fused-ring (bicyclic) bond motifs is 2. The number of carbonyl (C=O) groups is 1. The Labute approximate surface area is 147 Å². The highest BCUT2D eigenvalue weighted by Crippen LogP contribution is 2.66. The Morgan fingerprint density at radius 1 is 1.33 bits per heavy atom. The molecule has 0 aliphatic heterocycles. The highest BCUT2D eigenvalue weighted by Gasteiger charge is 2.62. The van der Waals surface area contributed by atoms with Gasteiger partial charge in [0.25, 0.3) is 0 Å². The fourth-order valence-corrected chi connectivity index (χ4v) is 4.55. The van der Waals surface area contributed by atoms with E-state index in [1.165, 1.54) is 12.8 Å². The van der Waals surface area contributed by atoms with Crippen LogP contribution in [0.1, 0.15) is 86.0 Å². The Balaban J connectivity index is 1.98. The molecule has 0 aromatic carbocycles. The van der Waals surface area contributed by atoms with E-state index in [4.69, 9.17) is 10.6 Å². The van der Waals surface area contributed by atoms with Gasteiger partial charge in [0.1, 0.15) is 6.10 Å². The molecule has 2 aliphatic rings. The van der Waals surface area contributed by atoms with E-state index in [0.717, 1.165) is 50.2 Å². The van der Waals surface area contributed by atoms with Crippen LogP contribution < -0.4 is 5.73 Å². The minimum atomic E-state index is -0.229. The number of nitrogens with two attached hydrogens (primary N) is 1. The van der Waals surface area contributed by atoms with Crippen LogP contribution in [0.3, 0.4) is 0 Å². The molecule has 4 atom stereocenters. The van der Waals surface area contributed by atoms with Crippen molar-refractivity contribution in [3.63, 3.8) is 0 Å². The monoisotopic (exact) mass is 336 g/mol. The van der Waals surface area contributed by atoms with E-state index in [1.54, 1.807) is 0 Å². The molecule has 0 spiro atoms. The Bertz CT molecular complexity index is 486. The summed E-state index contributed by atoms with van der Waals surface area (Å²) in [4.78, 5) is 17.3. The molecule has 2 N–H and O–H groups in total. The first-order valence-electron chi connectivity index (χ1n) is 9.73. The molecule has 4 nitrogen and oxygen atoms in total. The van der Waals surface area contributed by atoms with Crippen molar-refractivity contribution in [3.05, 3.63) is 0 Å². The van der Waals surface area contributed by atoms with Crippen LogP contribution in [0.2, 0.25) is 0 Å². The Morgan fingerprint density at radius 3 is 2.54 bits per heavy atom. The average Bonchev–Trinajstić information content (AvgIpc) is 2.86. The minimum Gasteiger partial charge on any atom is -0.392 e. The second-order valence-corrected chi connectivity index (χ2v) is 8.81. The number of rotatable bonds is 9. The number of oxime groups is 1. The molecule has 24 heavy (non-hydrogen) atoms. The first-order valence-corrected chi connectivity index (χ1v) is 9.73. The number of hydrogen-bond acceptors (Lipinski definition) is 3. The van der Waals surface area contributed by atoms with Gasteiger partial charge in [0.05, 0.1) is 5.71 Å². The molecule has 0 radical (unpaired) electrons. The van der Waals surface area contributed by atoms with Gasteiger partial charge >= 0.3 is 0 Å². The molecule has 4 heteroatoms. The molecule has 2 rings (SSSR count). The molecule has 0 saturated heterocycles. The van der Waals surface area contributed by atoms with E-state index >= 15 is 0 Å². The largest absolute Gasteiger partial charge is 0.392 e. The molecule has 2 fully saturated rings. The second kappa shape index (κ2) is 7.45. The van der Waals surface area contributed by atoms with Gasteiger partial charge in [-0.25, -0.2) is 0 Å². The summed E-state index contributed by atoms with van der Waals surface area (Å²) in [7, 11) is 0. The fraction of sp³-hybridized carbons (Fsp3) is 0.900. The van der Waals surface area contributed by atoms with E-state index in [-0.39, 0.29) is 23.3 Å². The molecule has 2 saturated carbocycles. The first-order chi connectivity index (χ1) is 11.2. The summed E-state index contributed by atoms with van der Waals surface area (Å²) in [5.74, 6) is 0.431. The third kappa shape index (κ3) is 3.62. The molecular weight excluding hydrogens is 300 g/mol. The van der Waals surface area contributed by atoms with Crippen LogP contribution in [-0.4, -0.2) is 17.7 Å². The molecule has 0 aromatic rings. The van der Waals surface area contributed by atoms with Gasteiger partial charge in [-0.05, 0) is 56.3 Å². The van der Waals surface area contributed by atoms with Crippen LogP contribution in [-0.2, 0) is 9.63 Å². The molecule has 1 amide bonds. The van der Waals surface area contributed by atoms with Crippen molar-refractivity contribution in [2.45, 2.75) is 92.1 Å². The van der Waals surface area contributed by atoms with Gasteiger partial charge in [-0.2, -0.15) is 0 Å². The van der Waals surface area contributed by atoms with Gasteiger partial charge < -0.3 is 10.6 Å². The Hall–Kier alpha value is -1.06. The zero-order valence-electron chi connectivity index (χ0n) is 16.2. The predicted molar refractivity (Wildman–Crippen MR) is 98.7 cm³/mol. The molecule has 4 unspecified atom stereocenters. The Kier molecular flexibility index (Phi) is 5.98. The summed E-state index contributed by atoms with van der Waals surface area (Å²) in [6, 6.07) is 0. The molecule has 2 aliphatic carbocycles. The lowest BCUT2D eigenvalue weighted by molar-refractivity contribution is -0.121. The van der Waals surface area contributed by atoms with Crippen LogP contribution in [0.15, 0.2) is 5.16 Å². The summed E-state index contributed by atoms with van der Waals surface area (Å²) in [5, 5.41) is 4.57. The summed E-state index contributed by atoms with van der Waals surface area (Å²) in [6.07, 6.45) is 8.71. The van der Waals surface area contributed by atoms with Gasteiger partial charge in [0, 0.05) is 11.3 Å². The van der Waals surface area contributed by atoms with E-state index in [0.29, 0.717) is 5.41 Å². The van der Waals surface area contributed by atoms with Gasteiger partial charge in [-0.3, -0.25) is 4.79 Å². The first kappa shape index (κ1) is 19.3. The highest BCUT2D eigenvalue weighted by molar-refractivity contribution is 5.84.